The number of halogens is 3. The second-order valence-electron chi connectivity index (χ2n) is 7.37. The molecule has 1 aromatic carbocycles. The molecule has 32 heavy (non-hydrogen) atoms. The number of nitrogens with one attached hydrogen (secondary N) is 1. The summed E-state index contributed by atoms with van der Waals surface area (Å²) in [6.07, 6.45) is -0.0537. The van der Waals surface area contributed by atoms with Crippen LogP contribution < -0.4 is 19.7 Å². The monoisotopic (exact) mass is 448 g/mol. The number of aromatic nitrogens is 4. The average Bonchev–Trinajstić information content (AvgIpc) is 3.31. The van der Waals surface area contributed by atoms with Gasteiger partial charge in [-0.15, -0.1) is 0 Å². The van der Waals surface area contributed by atoms with Gasteiger partial charge in [-0.05, 0) is 31.0 Å². The van der Waals surface area contributed by atoms with Crippen LogP contribution in [0.3, 0.4) is 0 Å². The molecule has 1 unspecified atom stereocenters. The van der Waals surface area contributed by atoms with Crippen LogP contribution in [0.1, 0.15) is 24.6 Å². The van der Waals surface area contributed by atoms with E-state index in [9.17, 15) is 13.2 Å². The topological polar surface area (TPSA) is 77.3 Å². The first-order valence-corrected chi connectivity index (χ1v) is 10.1. The van der Waals surface area contributed by atoms with E-state index >= 15 is 0 Å². The molecule has 0 aliphatic carbocycles. The van der Waals surface area contributed by atoms with Gasteiger partial charge in [0.05, 0.1) is 25.9 Å². The van der Waals surface area contributed by atoms with Crippen LogP contribution in [-0.2, 0) is 6.18 Å². The highest BCUT2D eigenvalue weighted by molar-refractivity contribution is 5.67. The molecule has 3 aromatic rings. The van der Waals surface area contributed by atoms with Crippen LogP contribution in [0.5, 0.6) is 11.5 Å². The van der Waals surface area contributed by atoms with Gasteiger partial charge < -0.3 is 19.7 Å². The Morgan fingerprint density at radius 2 is 1.94 bits per heavy atom. The molecule has 11 heteroatoms. The van der Waals surface area contributed by atoms with Crippen molar-refractivity contribution in [3.05, 3.63) is 48.5 Å². The van der Waals surface area contributed by atoms with Crippen LogP contribution in [0.25, 0.3) is 0 Å². The zero-order valence-electron chi connectivity index (χ0n) is 17.6. The summed E-state index contributed by atoms with van der Waals surface area (Å²) in [7, 11) is 3.15. The van der Waals surface area contributed by atoms with Crippen molar-refractivity contribution in [2.24, 2.45) is 0 Å². The summed E-state index contributed by atoms with van der Waals surface area (Å²) in [6.45, 7) is 1.24. The third-order valence-corrected chi connectivity index (χ3v) is 5.32. The fourth-order valence-electron chi connectivity index (χ4n) is 3.70. The highest BCUT2D eigenvalue weighted by atomic mass is 19.4. The number of alkyl halides is 3. The molecule has 0 saturated carbocycles. The first-order valence-electron chi connectivity index (χ1n) is 10.1. The van der Waals surface area contributed by atoms with E-state index in [1.54, 1.807) is 26.4 Å². The Kier molecular flexibility index (Phi) is 6.06. The molecule has 8 nitrogen and oxygen atoms in total. The van der Waals surface area contributed by atoms with Crippen LogP contribution in [0.15, 0.2) is 42.9 Å². The molecular weight excluding hydrogens is 425 g/mol. The number of ether oxygens (including phenoxy) is 2. The predicted octanol–water partition coefficient (Wildman–Crippen LogP) is 4.29. The number of nitrogens with zero attached hydrogens (tertiary/aromatic N) is 5. The molecule has 1 N–H and O–H groups in total. The van der Waals surface area contributed by atoms with E-state index in [0.717, 1.165) is 25.5 Å². The molecule has 0 bridgehead atoms. The fourth-order valence-corrected chi connectivity index (χ4v) is 3.70. The minimum atomic E-state index is -4.45. The van der Waals surface area contributed by atoms with Crippen molar-refractivity contribution in [1.29, 1.82) is 0 Å². The number of piperidine rings is 1. The van der Waals surface area contributed by atoms with E-state index in [-0.39, 0.29) is 6.04 Å². The van der Waals surface area contributed by atoms with Gasteiger partial charge in [-0.3, -0.25) is 4.68 Å². The quantitative estimate of drug-likeness (QED) is 0.603. The van der Waals surface area contributed by atoms with E-state index in [1.807, 2.05) is 17.0 Å². The van der Waals surface area contributed by atoms with Gasteiger partial charge in [0.25, 0.3) is 0 Å². The van der Waals surface area contributed by atoms with Gasteiger partial charge in [0.1, 0.15) is 29.5 Å². The van der Waals surface area contributed by atoms with Crippen LogP contribution >= 0.6 is 0 Å². The molecule has 0 amide bonds. The van der Waals surface area contributed by atoms with Crippen molar-refractivity contribution in [3.8, 4) is 11.5 Å². The van der Waals surface area contributed by atoms with Crippen LogP contribution in [0, 0.1) is 0 Å². The lowest BCUT2D eigenvalue weighted by Crippen LogP contribution is -2.37. The summed E-state index contributed by atoms with van der Waals surface area (Å²) < 4.78 is 50.7. The van der Waals surface area contributed by atoms with E-state index in [2.05, 4.69) is 20.4 Å². The minimum absolute atomic E-state index is 0.173. The minimum Gasteiger partial charge on any atom is -0.497 e. The third-order valence-electron chi connectivity index (χ3n) is 5.32. The highest BCUT2D eigenvalue weighted by Crippen LogP contribution is 2.33. The summed E-state index contributed by atoms with van der Waals surface area (Å²) in [5.41, 5.74) is -0.165. The molecule has 2 aromatic heterocycles. The molecule has 4 rings (SSSR count). The predicted molar refractivity (Wildman–Crippen MR) is 113 cm³/mol. The molecule has 1 aliphatic rings. The SMILES string of the molecule is COc1ccc(Nc2cc(N3CCCC(n4ccc(C(F)(F)F)n4)C3)ncn2)c(OC)c1. The number of rotatable bonds is 6. The van der Waals surface area contributed by atoms with Gasteiger partial charge in [0.15, 0.2) is 5.69 Å². The summed E-state index contributed by atoms with van der Waals surface area (Å²) >= 11 is 0. The second-order valence-corrected chi connectivity index (χ2v) is 7.37. The Morgan fingerprint density at radius 1 is 1.09 bits per heavy atom. The zero-order valence-corrected chi connectivity index (χ0v) is 17.6. The van der Waals surface area contributed by atoms with Gasteiger partial charge in [-0.1, -0.05) is 0 Å². The van der Waals surface area contributed by atoms with E-state index < -0.39 is 11.9 Å². The fraction of sp³-hybridized carbons (Fsp3) is 0.381. The Labute approximate surface area is 183 Å². The van der Waals surface area contributed by atoms with Crippen LogP contribution in [-0.4, -0.2) is 47.1 Å². The van der Waals surface area contributed by atoms with Gasteiger partial charge in [0.2, 0.25) is 0 Å². The first-order chi connectivity index (χ1) is 15.4. The van der Waals surface area contributed by atoms with Crippen molar-refractivity contribution in [2.75, 3.05) is 37.5 Å². The smallest absolute Gasteiger partial charge is 0.435 e. The van der Waals surface area contributed by atoms with Gasteiger partial charge in [-0.25, -0.2) is 9.97 Å². The largest absolute Gasteiger partial charge is 0.497 e. The van der Waals surface area contributed by atoms with Crippen LogP contribution in [0.2, 0.25) is 0 Å². The first kappa shape index (κ1) is 21.7. The number of hydrogen-bond acceptors (Lipinski definition) is 7. The lowest BCUT2D eigenvalue weighted by molar-refractivity contribution is -0.141. The molecule has 1 fully saturated rings. The van der Waals surface area contributed by atoms with Crippen molar-refractivity contribution in [3.63, 3.8) is 0 Å². The second kappa shape index (κ2) is 8.93. The average molecular weight is 448 g/mol. The summed E-state index contributed by atoms with van der Waals surface area (Å²) in [6, 6.07) is 8.03. The molecule has 1 aliphatic heterocycles. The Bertz CT molecular complexity index is 1070. The molecule has 1 saturated heterocycles. The summed E-state index contributed by atoms with van der Waals surface area (Å²) in [5, 5.41) is 6.95. The summed E-state index contributed by atoms with van der Waals surface area (Å²) in [5.74, 6) is 2.52. The molecule has 1 atom stereocenters. The molecular formula is C21H23F3N6O2. The van der Waals surface area contributed by atoms with E-state index in [0.29, 0.717) is 35.4 Å². The summed E-state index contributed by atoms with van der Waals surface area (Å²) in [4.78, 5) is 10.7. The van der Waals surface area contributed by atoms with Crippen LogP contribution in [0.4, 0.5) is 30.5 Å². The van der Waals surface area contributed by atoms with Crippen molar-refractivity contribution >= 4 is 17.3 Å². The van der Waals surface area contributed by atoms with Gasteiger partial charge >= 0.3 is 6.18 Å². The van der Waals surface area contributed by atoms with Gasteiger partial charge in [-0.2, -0.15) is 18.3 Å². The standard InChI is InChI=1S/C21H23F3N6O2/c1-31-15-5-6-16(17(10-15)32-2)27-19-11-20(26-13-25-19)29-8-3-4-14(12-29)30-9-7-18(28-30)21(22,23)24/h5-7,9-11,13-14H,3-4,8,12H2,1-2H3,(H,25,26,27). The maximum Gasteiger partial charge on any atom is 0.435 e. The molecule has 170 valence electrons. The van der Waals surface area contributed by atoms with Gasteiger partial charge in [0, 0.05) is 31.4 Å². The van der Waals surface area contributed by atoms with Crippen molar-refractivity contribution < 1.29 is 22.6 Å². The lowest BCUT2D eigenvalue weighted by Gasteiger charge is -2.33. The Morgan fingerprint density at radius 3 is 2.66 bits per heavy atom. The number of anilines is 3. The Balaban J connectivity index is 1.50. The molecule has 3 heterocycles. The molecule has 0 spiro atoms. The van der Waals surface area contributed by atoms with Crippen molar-refractivity contribution in [1.82, 2.24) is 19.7 Å². The highest BCUT2D eigenvalue weighted by Gasteiger charge is 2.34. The molecule has 0 radical (unpaired) electrons. The zero-order chi connectivity index (χ0) is 22.7. The van der Waals surface area contributed by atoms with Crippen molar-refractivity contribution in [2.45, 2.75) is 25.1 Å². The van der Waals surface area contributed by atoms with E-state index in [1.165, 1.54) is 17.2 Å². The third kappa shape index (κ3) is 4.71. The lowest BCUT2D eigenvalue weighted by atomic mass is 10.1. The number of methoxy groups -OCH3 is 2. The Hall–Kier alpha value is -3.50. The maximum absolute atomic E-state index is 12.9. The maximum atomic E-state index is 12.9. The van der Waals surface area contributed by atoms with E-state index in [4.69, 9.17) is 9.47 Å². The number of hydrogen-bond donors (Lipinski definition) is 1. The normalized spacial score (nSPS) is 16.7. The number of benzene rings is 1.